The van der Waals surface area contributed by atoms with Gasteiger partial charge in [-0.15, -0.1) is 0 Å². The van der Waals surface area contributed by atoms with Gasteiger partial charge in [-0.25, -0.2) is 9.18 Å². The molecule has 122 valence electrons. The number of carbonyl (C=O) groups excluding carboxylic acids is 1. The molecular weight excluding hydrogens is 305 g/mol. The number of rotatable bonds is 5. The van der Waals surface area contributed by atoms with Gasteiger partial charge in [0.05, 0.1) is 13.7 Å². The van der Waals surface area contributed by atoms with E-state index in [-0.39, 0.29) is 29.2 Å². The molecule has 7 heteroatoms. The molecule has 0 spiro atoms. The Morgan fingerprint density at radius 2 is 2.04 bits per heavy atom. The number of carbonyl (C=O) groups is 2. The standard InChI is InChI=1S/C16H16FNO5/c1-9-12(16(20)21)7-11(23-9)8-18(2)15(19)10-4-5-14(22-3)13(17)6-10/h4-7H,8H2,1-3H3,(H,20,21). The maximum absolute atomic E-state index is 13.7. The van der Waals surface area contributed by atoms with E-state index in [2.05, 4.69) is 0 Å². The van der Waals surface area contributed by atoms with Crippen LogP contribution in [0.25, 0.3) is 0 Å². The second-order valence-electron chi connectivity index (χ2n) is 5.00. The first kappa shape index (κ1) is 16.5. The fourth-order valence-electron chi connectivity index (χ4n) is 2.16. The first-order valence-corrected chi connectivity index (χ1v) is 6.75. The number of hydrogen-bond donors (Lipinski definition) is 1. The van der Waals surface area contributed by atoms with Crippen molar-refractivity contribution < 1.29 is 28.2 Å². The summed E-state index contributed by atoms with van der Waals surface area (Å²) in [6.07, 6.45) is 0. The van der Waals surface area contributed by atoms with Crippen molar-refractivity contribution >= 4 is 11.9 Å². The predicted octanol–water partition coefficient (Wildman–Crippen LogP) is 2.71. The van der Waals surface area contributed by atoms with Gasteiger partial charge in [-0.1, -0.05) is 0 Å². The van der Waals surface area contributed by atoms with Gasteiger partial charge in [-0.3, -0.25) is 4.79 Å². The fourth-order valence-corrected chi connectivity index (χ4v) is 2.16. The van der Waals surface area contributed by atoms with E-state index in [1.807, 2.05) is 0 Å². The van der Waals surface area contributed by atoms with Crippen LogP contribution < -0.4 is 4.74 Å². The van der Waals surface area contributed by atoms with E-state index >= 15 is 0 Å². The van der Waals surface area contributed by atoms with Gasteiger partial charge in [-0.2, -0.15) is 0 Å². The highest BCUT2D eigenvalue weighted by molar-refractivity contribution is 5.94. The zero-order chi connectivity index (χ0) is 17.1. The summed E-state index contributed by atoms with van der Waals surface area (Å²) in [6.45, 7) is 1.61. The van der Waals surface area contributed by atoms with Crippen LogP contribution in [-0.2, 0) is 6.54 Å². The van der Waals surface area contributed by atoms with Crippen molar-refractivity contribution in [2.45, 2.75) is 13.5 Å². The Labute approximate surface area is 132 Å². The van der Waals surface area contributed by atoms with Crippen LogP contribution in [0.1, 0.15) is 32.2 Å². The van der Waals surface area contributed by atoms with Crippen LogP contribution in [-0.4, -0.2) is 36.0 Å². The van der Waals surface area contributed by atoms with Crippen LogP contribution in [0.15, 0.2) is 28.7 Å². The van der Waals surface area contributed by atoms with Crippen molar-refractivity contribution in [1.82, 2.24) is 4.90 Å². The Morgan fingerprint density at radius 1 is 1.35 bits per heavy atom. The molecule has 1 N–H and O–H groups in total. The fraction of sp³-hybridized carbons (Fsp3) is 0.250. The number of amides is 1. The van der Waals surface area contributed by atoms with Gasteiger partial charge in [0.2, 0.25) is 0 Å². The van der Waals surface area contributed by atoms with Gasteiger partial charge in [0.1, 0.15) is 17.1 Å². The number of carboxylic acid groups (broad SMARTS) is 1. The molecule has 1 heterocycles. The van der Waals surface area contributed by atoms with Gasteiger partial charge in [0.15, 0.2) is 11.6 Å². The molecule has 0 saturated heterocycles. The molecule has 23 heavy (non-hydrogen) atoms. The largest absolute Gasteiger partial charge is 0.494 e. The second kappa shape index (κ2) is 6.51. The van der Waals surface area contributed by atoms with Gasteiger partial charge >= 0.3 is 5.97 Å². The summed E-state index contributed by atoms with van der Waals surface area (Å²) in [4.78, 5) is 24.6. The van der Waals surface area contributed by atoms with Crippen molar-refractivity contribution in [3.63, 3.8) is 0 Å². The molecule has 0 fully saturated rings. The molecule has 0 atom stereocenters. The normalized spacial score (nSPS) is 10.4. The third-order valence-corrected chi connectivity index (χ3v) is 3.34. The lowest BCUT2D eigenvalue weighted by molar-refractivity contribution is 0.0694. The average Bonchev–Trinajstić information content (AvgIpc) is 2.87. The molecule has 2 rings (SSSR count). The Kier molecular flexibility index (Phi) is 4.68. The van der Waals surface area contributed by atoms with Gasteiger partial charge in [-0.05, 0) is 31.2 Å². The second-order valence-corrected chi connectivity index (χ2v) is 5.00. The summed E-state index contributed by atoms with van der Waals surface area (Å²) in [5.41, 5.74) is 0.212. The molecule has 0 bridgehead atoms. The van der Waals surface area contributed by atoms with Gasteiger partial charge in [0.25, 0.3) is 5.91 Å². The lowest BCUT2D eigenvalue weighted by Gasteiger charge is -2.16. The molecule has 0 radical (unpaired) electrons. The smallest absolute Gasteiger partial charge is 0.339 e. The van der Waals surface area contributed by atoms with E-state index in [9.17, 15) is 14.0 Å². The van der Waals surface area contributed by atoms with Crippen molar-refractivity contribution in [3.05, 3.63) is 52.7 Å². The predicted molar refractivity (Wildman–Crippen MR) is 79.2 cm³/mol. The number of ether oxygens (including phenoxy) is 1. The van der Waals surface area contributed by atoms with Gasteiger partial charge in [0, 0.05) is 12.6 Å². The average molecular weight is 321 g/mol. The topological polar surface area (TPSA) is 80.0 Å². The maximum Gasteiger partial charge on any atom is 0.339 e. The number of aryl methyl sites for hydroxylation is 1. The molecular formula is C16H16FNO5. The van der Waals surface area contributed by atoms with Crippen molar-refractivity contribution in [2.75, 3.05) is 14.2 Å². The van der Waals surface area contributed by atoms with Crippen molar-refractivity contribution in [3.8, 4) is 5.75 Å². The molecule has 0 aliphatic heterocycles. The lowest BCUT2D eigenvalue weighted by atomic mass is 10.2. The quantitative estimate of drug-likeness (QED) is 0.916. The summed E-state index contributed by atoms with van der Waals surface area (Å²) in [6, 6.07) is 5.29. The van der Waals surface area contributed by atoms with Crippen LogP contribution >= 0.6 is 0 Å². The Balaban J connectivity index is 2.15. The zero-order valence-electron chi connectivity index (χ0n) is 12.9. The third-order valence-electron chi connectivity index (χ3n) is 3.34. The Morgan fingerprint density at radius 3 is 2.57 bits per heavy atom. The van der Waals surface area contributed by atoms with Crippen LogP contribution in [0.2, 0.25) is 0 Å². The number of methoxy groups -OCH3 is 1. The summed E-state index contributed by atoms with van der Waals surface area (Å²) in [7, 11) is 2.86. The van der Waals surface area contributed by atoms with Crippen molar-refractivity contribution in [2.24, 2.45) is 0 Å². The van der Waals surface area contributed by atoms with Gasteiger partial charge < -0.3 is 19.2 Å². The highest BCUT2D eigenvalue weighted by atomic mass is 19.1. The van der Waals surface area contributed by atoms with E-state index in [0.29, 0.717) is 5.76 Å². The monoisotopic (exact) mass is 321 g/mol. The first-order valence-electron chi connectivity index (χ1n) is 6.75. The van der Waals surface area contributed by atoms with E-state index in [4.69, 9.17) is 14.3 Å². The number of halogens is 1. The minimum Gasteiger partial charge on any atom is -0.494 e. The minimum atomic E-state index is -1.09. The number of aromatic carboxylic acids is 1. The number of furan rings is 1. The molecule has 1 aromatic carbocycles. The van der Waals surface area contributed by atoms with E-state index in [0.717, 1.165) is 6.07 Å². The molecule has 0 aliphatic carbocycles. The molecule has 0 saturated carbocycles. The van der Waals surface area contributed by atoms with E-state index in [1.165, 1.54) is 44.2 Å². The molecule has 1 amide bonds. The maximum atomic E-state index is 13.7. The summed E-state index contributed by atoms with van der Waals surface area (Å²) < 4.78 is 23.8. The van der Waals surface area contributed by atoms with Crippen LogP contribution in [0.5, 0.6) is 5.75 Å². The summed E-state index contributed by atoms with van der Waals surface area (Å²) in [5, 5.41) is 8.99. The number of carboxylic acids is 1. The molecule has 1 aromatic heterocycles. The Bertz CT molecular complexity index is 753. The van der Waals surface area contributed by atoms with Crippen LogP contribution in [0, 0.1) is 12.7 Å². The SMILES string of the molecule is COc1ccc(C(=O)N(C)Cc2cc(C(=O)O)c(C)o2)cc1F. The number of nitrogens with zero attached hydrogens (tertiary/aromatic N) is 1. The zero-order valence-corrected chi connectivity index (χ0v) is 12.9. The highest BCUT2D eigenvalue weighted by Gasteiger charge is 2.18. The van der Waals surface area contributed by atoms with Crippen molar-refractivity contribution in [1.29, 1.82) is 0 Å². The number of hydrogen-bond acceptors (Lipinski definition) is 4. The molecule has 2 aromatic rings. The number of benzene rings is 1. The minimum absolute atomic E-state index is 0.0522. The summed E-state index contributed by atoms with van der Waals surface area (Å²) in [5.74, 6) is -1.49. The third kappa shape index (κ3) is 3.50. The van der Waals surface area contributed by atoms with Crippen LogP contribution in [0.3, 0.4) is 0 Å². The Hall–Kier alpha value is -2.83. The molecule has 6 nitrogen and oxygen atoms in total. The summed E-state index contributed by atoms with van der Waals surface area (Å²) >= 11 is 0. The van der Waals surface area contributed by atoms with E-state index < -0.39 is 17.7 Å². The lowest BCUT2D eigenvalue weighted by Crippen LogP contribution is -2.26. The van der Waals surface area contributed by atoms with Crippen LogP contribution in [0.4, 0.5) is 4.39 Å². The molecule has 0 aliphatic rings. The molecule has 0 unspecified atom stereocenters. The van der Waals surface area contributed by atoms with E-state index in [1.54, 1.807) is 0 Å². The first-order chi connectivity index (χ1) is 10.8. The highest BCUT2D eigenvalue weighted by Crippen LogP contribution is 2.20.